The zero-order chi connectivity index (χ0) is 22.7. The maximum absolute atomic E-state index is 12.8. The first-order chi connectivity index (χ1) is 14.9. The smallest absolute Gasteiger partial charge is 0.335 e. The van der Waals surface area contributed by atoms with Crippen molar-refractivity contribution in [1.82, 2.24) is 0 Å². The van der Waals surface area contributed by atoms with Crippen LogP contribution >= 0.6 is 7.60 Å². The maximum Gasteiger partial charge on any atom is 0.335 e. The average molecular weight is 447 g/mol. The van der Waals surface area contributed by atoms with Crippen LogP contribution in [-0.4, -0.2) is 31.7 Å². The first kappa shape index (κ1) is 24.8. The Labute approximate surface area is 183 Å². The standard InChI is InChI=1S/C23H30NO6P/c1-4-28-23(26)21(16-18-10-8-7-9-11-18)22(25)24-20-14-12-19(13-15-20)17-31(27,29-5-2)30-6-3/h7-15,21H,4-6,16-17H2,1-3H3,(H,24,25). The molecule has 1 atom stereocenters. The number of hydrogen-bond donors (Lipinski definition) is 1. The Morgan fingerprint density at radius 3 is 2.03 bits per heavy atom. The SMILES string of the molecule is CCOC(=O)C(Cc1ccccc1)C(=O)Nc1ccc(CP(=O)(OCC)OCC)cc1. The quantitative estimate of drug-likeness (QED) is 0.285. The van der Waals surface area contributed by atoms with Crippen LogP contribution in [0.2, 0.25) is 0 Å². The Hall–Kier alpha value is -2.47. The second-order valence-corrected chi connectivity index (χ2v) is 8.84. The van der Waals surface area contributed by atoms with Crippen LogP contribution in [0.3, 0.4) is 0 Å². The number of nitrogens with one attached hydrogen (secondary N) is 1. The van der Waals surface area contributed by atoms with E-state index in [-0.39, 0.29) is 19.2 Å². The number of benzene rings is 2. The van der Waals surface area contributed by atoms with Crippen molar-refractivity contribution in [3.05, 3.63) is 65.7 Å². The molecule has 168 valence electrons. The van der Waals surface area contributed by atoms with E-state index in [0.717, 1.165) is 11.1 Å². The molecule has 2 aromatic rings. The van der Waals surface area contributed by atoms with Gasteiger partial charge in [0.2, 0.25) is 5.91 Å². The normalized spacial score (nSPS) is 12.2. The van der Waals surface area contributed by atoms with Gasteiger partial charge < -0.3 is 19.1 Å². The van der Waals surface area contributed by atoms with E-state index in [9.17, 15) is 14.2 Å². The minimum atomic E-state index is -3.21. The molecule has 0 heterocycles. The van der Waals surface area contributed by atoms with E-state index in [0.29, 0.717) is 18.9 Å². The Bertz CT molecular complexity index is 875. The summed E-state index contributed by atoms with van der Waals surface area (Å²) in [7, 11) is -3.21. The highest BCUT2D eigenvalue weighted by molar-refractivity contribution is 7.53. The number of hydrogen-bond acceptors (Lipinski definition) is 6. The highest BCUT2D eigenvalue weighted by Gasteiger charge is 2.29. The molecule has 0 aliphatic carbocycles. The first-order valence-corrected chi connectivity index (χ1v) is 12.1. The minimum absolute atomic E-state index is 0.141. The van der Waals surface area contributed by atoms with Crippen molar-refractivity contribution in [2.75, 3.05) is 25.1 Å². The summed E-state index contributed by atoms with van der Waals surface area (Å²) in [5.41, 5.74) is 2.15. The van der Waals surface area contributed by atoms with Gasteiger partial charge in [-0.15, -0.1) is 0 Å². The summed E-state index contributed by atoms with van der Waals surface area (Å²) >= 11 is 0. The fourth-order valence-electron chi connectivity index (χ4n) is 3.04. The predicted octanol–water partition coefficient (Wildman–Crippen LogP) is 4.81. The van der Waals surface area contributed by atoms with Crippen molar-refractivity contribution in [3.63, 3.8) is 0 Å². The Morgan fingerprint density at radius 1 is 0.871 bits per heavy atom. The summed E-state index contributed by atoms with van der Waals surface area (Å²) in [4.78, 5) is 25.2. The number of carbonyl (C=O) groups excluding carboxylic acids is 2. The molecular weight excluding hydrogens is 417 g/mol. The van der Waals surface area contributed by atoms with Crippen molar-refractivity contribution >= 4 is 25.2 Å². The number of carbonyl (C=O) groups is 2. The molecule has 1 N–H and O–H groups in total. The van der Waals surface area contributed by atoms with E-state index >= 15 is 0 Å². The van der Waals surface area contributed by atoms with Gasteiger partial charge in [-0.25, -0.2) is 0 Å². The van der Waals surface area contributed by atoms with Gasteiger partial charge in [0.25, 0.3) is 0 Å². The lowest BCUT2D eigenvalue weighted by Gasteiger charge is -2.18. The molecule has 0 aromatic heterocycles. The van der Waals surface area contributed by atoms with Crippen LogP contribution in [0.4, 0.5) is 5.69 Å². The van der Waals surface area contributed by atoms with E-state index in [4.69, 9.17) is 13.8 Å². The third kappa shape index (κ3) is 7.94. The van der Waals surface area contributed by atoms with Crippen molar-refractivity contribution < 1.29 is 27.9 Å². The van der Waals surface area contributed by atoms with E-state index in [1.807, 2.05) is 30.3 Å². The fraction of sp³-hybridized carbons (Fsp3) is 0.391. The van der Waals surface area contributed by atoms with Crippen LogP contribution in [0.15, 0.2) is 54.6 Å². The molecule has 0 fully saturated rings. The fourth-order valence-corrected chi connectivity index (χ4v) is 4.75. The number of amides is 1. The van der Waals surface area contributed by atoms with Gasteiger partial charge in [-0.3, -0.25) is 14.2 Å². The average Bonchev–Trinajstić information content (AvgIpc) is 2.74. The van der Waals surface area contributed by atoms with Crippen LogP contribution < -0.4 is 5.32 Å². The lowest BCUT2D eigenvalue weighted by atomic mass is 9.98. The topological polar surface area (TPSA) is 90.9 Å². The first-order valence-electron chi connectivity index (χ1n) is 10.4. The Morgan fingerprint density at radius 2 is 1.48 bits per heavy atom. The summed E-state index contributed by atoms with van der Waals surface area (Å²) in [5.74, 6) is -1.96. The van der Waals surface area contributed by atoms with Crippen LogP contribution in [0.5, 0.6) is 0 Å². The third-order valence-corrected chi connectivity index (χ3v) is 6.48. The number of rotatable bonds is 12. The van der Waals surface area contributed by atoms with Crippen molar-refractivity contribution in [2.24, 2.45) is 5.92 Å². The van der Waals surface area contributed by atoms with E-state index in [2.05, 4.69) is 5.32 Å². The monoisotopic (exact) mass is 447 g/mol. The summed E-state index contributed by atoms with van der Waals surface area (Å²) in [6.07, 6.45) is 0.387. The second kappa shape index (κ2) is 12.4. The van der Waals surface area contributed by atoms with Crippen molar-refractivity contribution in [3.8, 4) is 0 Å². The summed E-state index contributed by atoms with van der Waals surface area (Å²) < 4.78 is 28.4. The maximum atomic E-state index is 12.8. The molecule has 8 heteroatoms. The van der Waals surface area contributed by atoms with Crippen molar-refractivity contribution in [2.45, 2.75) is 33.4 Å². The van der Waals surface area contributed by atoms with Crippen LogP contribution in [0.25, 0.3) is 0 Å². The van der Waals surface area contributed by atoms with Gasteiger partial charge in [0.15, 0.2) is 0 Å². The highest BCUT2D eigenvalue weighted by atomic mass is 31.2. The molecule has 1 amide bonds. The lowest BCUT2D eigenvalue weighted by molar-refractivity contribution is -0.150. The van der Waals surface area contributed by atoms with Gasteiger partial charge in [-0.05, 0) is 50.5 Å². The molecule has 0 bridgehead atoms. The number of anilines is 1. The minimum Gasteiger partial charge on any atom is -0.465 e. The van der Waals surface area contributed by atoms with Crippen LogP contribution in [0, 0.1) is 5.92 Å². The molecule has 2 aromatic carbocycles. The summed E-state index contributed by atoms with van der Waals surface area (Å²) in [5, 5.41) is 2.77. The Balaban J connectivity index is 2.09. The number of ether oxygens (including phenoxy) is 1. The van der Waals surface area contributed by atoms with Crippen LogP contribution in [0.1, 0.15) is 31.9 Å². The molecule has 0 aliphatic heterocycles. The number of esters is 1. The van der Waals surface area contributed by atoms with E-state index < -0.39 is 25.4 Å². The molecule has 0 saturated heterocycles. The van der Waals surface area contributed by atoms with Gasteiger partial charge in [0, 0.05) is 5.69 Å². The highest BCUT2D eigenvalue weighted by Crippen LogP contribution is 2.51. The van der Waals surface area contributed by atoms with E-state index in [1.54, 1.807) is 45.0 Å². The van der Waals surface area contributed by atoms with Gasteiger partial charge in [0.1, 0.15) is 5.92 Å². The van der Waals surface area contributed by atoms with Crippen molar-refractivity contribution in [1.29, 1.82) is 0 Å². The van der Waals surface area contributed by atoms with Gasteiger partial charge in [-0.2, -0.15) is 0 Å². The molecule has 0 aliphatic rings. The molecule has 1 unspecified atom stereocenters. The van der Waals surface area contributed by atoms with Crippen LogP contribution in [-0.2, 0) is 40.5 Å². The predicted molar refractivity (Wildman–Crippen MR) is 120 cm³/mol. The molecular formula is C23H30NO6P. The molecule has 31 heavy (non-hydrogen) atoms. The molecule has 0 saturated carbocycles. The second-order valence-electron chi connectivity index (χ2n) is 6.79. The summed E-state index contributed by atoms with van der Waals surface area (Å²) in [6.45, 7) is 6.02. The van der Waals surface area contributed by atoms with Gasteiger partial charge in [0.05, 0.1) is 26.0 Å². The largest absolute Gasteiger partial charge is 0.465 e. The summed E-state index contributed by atoms with van der Waals surface area (Å²) in [6, 6.07) is 16.2. The van der Waals surface area contributed by atoms with Gasteiger partial charge >= 0.3 is 13.6 Å². The molecule has 7 nitrogen and oxygen atoms in total. The zero-order valence-electron chi connectivity index (χ0n) is 18.2. The van der Waals surface area contributed by atoms with Gasteiger partial charge in [-0.1, -0.05) is 42.5 Å². The third-order valence-electron chi connectivity index (χ3n) is 4.42. The molecule has 0 radical (unpaired) electrons. The Kier molecular flexibility index (Phi) is 9.92. The lowest BCUT2D eigenvalue weighted by Crippen LogP contribution is -2.33. The molecule has 2 rings (SSSR count). The van der Waals surface area contributed by atoms with E-state index in [1.165, 1.54) is 0 Å². The zero-order valence-corrected chi connectivity index (χ0v) is 19.1. The molecule has 0 spiro atoms.